The van der Waals surface area contributed by atoms with Gasteiger partial charge in [-0.05, 0) is 25.0 Å². The quantitative estimate of drug-likeness (QED) is 0.875. The molecule has 0 aliphatic carbocycles. The molecule has 1 aliphatic heterocycles. The SMILES string of the molecule is CCc1ccc(C(=O)N2CC(O)(CC)C2)s1. The Morgan fingerprint density at radius 1 is 1.50 bits per heavy atom. The summed E-state index contributed by atoms with van der Waals surface area (Å²) in [6.45, 7) is 4.98. The fourth-order valence-electron chi connectivity index (χ4n) is 1.87. The van der Waals surface area contributed by atoms with Gasteiger partial charge in [0.25, 0.3) is 5.91 Å². The summed E-state index contributed by atoms with van der Waals surface area (Å²) >= 11 is 1.55. The summed E-state index contributed by atoms with van der Waals surface area (Å²) in [5.74, 6) is 0.0582. The van der Waals surface area contributed by atoms with E-state index in [1.165, 1.54) is 4.88 Å². The van der Waals surface area contributed by atoms with Gasteiger partial charge in [-0.15, -0.1) is 11.3 Å². The van der Waals surface area contributed by atoms with Gasteiger partial charge in [0.2, 0.25) is 0 Å². The van der Waals surface area contributed by atoms with Crippen LogP contribution in [0.2, 0.25) is 0 Å². The van der Waals surface area contributed by atoms with Crippen molar-refractivity contribution in [3.63, 3.8) is 0 Å². The van der Waals surface area contributed by atoms with Gasteiger partial charge in [0.15, 0.2) is 0 Å². The third-order valence-corrected chi connectivity index (χ3v) is 4.35. The molecule has 88 valence electrons. The van der Waals surface area contributed by atoms with Crippen molar-refractivity contribution in [1.82, 2.24) is 4.90 Å². The van der Waals surface area contributed by atoms with E-state index in [-0.39, 0.29) is 5.91 Å². The summed E-state index contributed by atoms with van der Waals surface area (Å²) in [5.41, 5.74) is -0.638. The second kappa shape index (κ2) is 4.18. The topological polar surface area (TPSA) is 40.5 Å². The van der Waals surface area contributed by atoms with Crippen LogP contribution in [0.25, 0.3) is 0 Å². The standard InChI is InChI=1S/C12H17NO2S/c1-3-9-5-6-10(16-9)11(14)13-7-12(15,4-2)8-13/h5-6,15H,3-4,7-8H2,1-2H3. The van der Waals surface area contributed by atoms with Crippen molar-refractivity contribution >= 4 is 17.2 Å². The predicted molar refractivity (Wildman–Crippen MR) is 64.8 cm³/mol. The lowest BCUT2D eigenvalue weighted by molar-refractivity contribution is -0.0824. The number of hydrogen-bond donors (Lipinski definition) is 1. The zero-order valence-electron chi connectivity index (χ0n) is 9.69. The van der Waals surface area contributed by atoms with Gasteiger partial charge < -0.3 is 10.0 Å². The summed E-state index contributed by atoms with van der Waals surface area (Å²) in [6, 6.07) is 3.89. The molecule has 0 atom stereocenters. The zero-order valence-corrected chi connectivity index (χ0v) is 10.5. The summed E-state index contributed by atoms with van der Waals surface area (Å²) in [4.78, 5) is 15.7. The van der Waals surface area contributed by atoms with Crippen molar-refractivity contribution in [1.29, 1.82) is 0 Å². The first-order valence-electron chi connectivity index (χ1n) is 5.68. The van der Waals surface area contributed by atoms with Crippen LogP contribution in [0.1, 0.15) is 34.8 Å². The highest BCUT2D eigenvalue weighted by molar-refractivity contribution is 7.14. The first-order chi connectivity index (χ1) is 7.58. The van der Waals surface area contributed by atoms with Crippen LogP contribution >= 0.6 is 11.3 Å². The molecule has 1 N–H and O–H groups in total. The van der Waals surface area contributed by atoms with E-state index in [0.717, 1.165) is 11.3 Å². The molecule has 0 aromatic carbocycles. The highest BCUT2D eigenvalue weighted by Crippen LogP contribution is 2.27. The number of β-amino-alcohol motifs (C(OH)–C–C–N with tert-alkyl or cyclic N) is 1. The largest absolute Gasteiger partial charge is 0.386 e. The first-order valence-corrected chi connectivity index (χ1v) is 6.50. The number of likely N-dealkylation sites (tertiary alicyclic amines) is 1. The van der Waals surface area contributed by atoms with E-state index in [0.29, 0.717) is 19.5 Å². The molecule has 1 fully saturated rings. The Hall–Kier alpha value is -0.870. The van der Waals surface area contributed by atoms with E-state index < -0.39 is 5.60 Å². The van der Waals surface area contributed by atoms with E-state index in [9.17, 15) is 9.90 Å². The molecule has 0 saturated carbocycles. The molecule has 0 radical (unpaired) electrons. The molecule has 4 heteroatoms. The van der Waals surface area contributed by atoms with Crippen molar-refractivity contribution in [2.45, 2.75) is 32.3 Å². The first kappa shape index (κ1) is 11.6. The molecule has 1 saturated heterocycles. The van der Waals surface area contributed by atoms with Crippen molar-refractivity contribution < 1.29 is 9.90 Å². The van der Waals surface area contributed by atoms with Crippen molar-refractivity contribution in [3.05, 3.63) is 21.9 Å². The van der Waals surface area contributed by atoms with Crippen molar-refractivity contribution in [2.75, 3.05) is 13.1 Å². The number of aliphatic hydroxyl groups is 1. The molecular weight excluding hydrogens is 222 g/mol. The summed E-state index contributed by atoms with van der Waals surface area (Å²) in [7, 11) is 0. The Morgan fingerprint density at radius 3 is 2.69 bits per heavy atom. The van der Waals surface area contributed by atoms with Gasteiger partial charge >= 0.3 is 0 Å². The van der Waals surface area contributed by atoms with Crippen LogP contribution in [0.15, 0.2) is 12.1 Å². The van der Waals surface area contributed by atoms with Gasteiger partial charge in [0.1, 0.15) is 0 Å². The van der Waals surface area contributed by atoms with E-state index in [1.54, 1.807) is 16.2 Å². The molecule has 2 heterocycles. The van der Waals surface area contributed by atoms with Crippen molar-refractivity contribution in [2.24, 2.45) is 0 Å². The Kier molecular flexibility index (Phi) is 3.04. The number of rotatable bonds is 3. The fourth-order valence-corrected chi connectivity index (χ4v) is 2.79. The second-order valence-electron chi connectivity index (χ2n) is 4.36. The monoisotopic (exact) mass is 239 g/mol. The lowest BCUT2D eigenvalue weighted by atomic mass is 9.91. The third-order valence-electron chi connectivity index (χ3n) is 3.14. The van der Waals surface area contributed by atoms with Gasteiger partial charge in [0, 0.05) is 4.88 Å². The molecule has 1 amide bonds. The van der Waals surface area contributed by atoms with Crippen LogP contribution in [-0.4, -0.2) is 34.6 Å². The summed E-state index contributed by atoms with van der Waals surface area (Å²) in [6.07, 6.45) is 1.68. The maximum atomic E-state index is 12.0. The van der Waals surface area contributed by atoms with Crippen LogP contribution in [0.5, 0.6) is 0 Å². The van der Waals surface area contributed by atoms with E-state index >= 15 is 0 Å². The lowest BCUT2D eigenvalue weighted by Gasteiger charge is -2.45. The van der Waals surface area contributed by atoms with Gasteiger partial charge in [-0.1, -0.05) is 13.8 Å². The number of carbonyl (C=O) groups is 1. The highest BCUT2D eigenvalue weighted by Gasteiger charge is 2.42. The Balaban J connectivity index is 2.00. The maximum Gasteiger partial charge on any atom is 0.264 e. The third kappa shape index (κ3) is 1.99. The molecule has 1 aromatic rings. The fraction of sp³-hybridized carbons (Fsp3) is 0.583. The predicted octanol–water partition coefficient (Wildman–Crippen LogP) is 1.91. The molecular formula is C12H17NO2S. The zero-order chi connectivity index (χ0) is 11.8. The Morgan fingerprint density at radius 2 is 2.19 bits per heavy atom. The normalized spacial score (nSPS) is 18.3. The number of aryl methyl sites for hydroxylation is 1. The van der Waals surface area contributed by atoms with E-state index in [2.05, 4.69) is 6.92 Å². The van der Waals surface area contributed by atoms with E-state index in [4.69, 9.17) is 0 Å². The number of thiophene rings is 1. The molecule has 0 bridgehead atoms. The van der Waals surface area contributed by atoms with Crippen LogP contribution in [-0.2, 0) is 6.42 Å². The average molecular weight is 239 g/mol. The molecule has 1 aliphatic rings. The highest BCUT2D eigenvalue weighted by atomic mass is 32.1. The van der Waals surface area contributed by atoms with Crippen molar-refractivity contribution in [3.8, 4) is 0 Å². The van der Waals surface area contributed by atoms with Crippen LogP contribution < -0.4 is 0 Å². The second-order valence-corrected chi connectivity index (χ2v) is 5.53. The Bertz CT molecular complexity index is 393. The number of carbonyl (C=O) groups excluding carboxylic acids is 1. The molecule has 16 heavy (non-hydrogen) atoms. The summed E-state index contributed by atoms with van der Waals surface area (Å²) < 4.78 is 0. The van der Waals surface area contributed by atoms with Crippen LogP contribution in [0.4, 0.5) is 0 Å². The number of nitrogens with zero attached hydrogens (tertiary/aromatic N) is 1. The summed E-state index contributed by atoms with van der Waals surface area (Å²) in [5, 5.41) is 9.85. The number of amides is 1. The number of hydrogen-bond acceptors (Lipinski definition) is 3. The minimum atomic E-state index is -0.638. The van der Waals surface area contributed by atoms with Gasteiger partial charge in [0.05, 0.1) is 23.6 Å². The van der Waals surface area contributed by atoms with Gasteiger partial charge in [-0.2, -0.15) is 0 Å². The van der Waals surface area contributed by atoms with Gasteiger partial charge in [-0.3, -0.25) is 4.79 Å². The maximum absolute atomic E-state index is 12.0. The molecule has 3 nitrogen and oxygen atoms in total. The van der Waals surface area contributed by atoms with Crippen LogP contribution in [0.3, 0.4) is 0 Å². The lowest BCUT2D eigenvalue weighted by Crippen LogP contribution is -2.63. The van der Waals surface area contributed by atoms with Gasteiger partial charge in [-0.25, -0.2) is 0 Å². The molecule has 0 spiro atoms. The Labute approximate surface area is 99.7 Å². The average Bonchev–Trinajstić information content (AvgIpc) is 2.72. The smallest absolute Gasteiger partial charge is 0.264 e. The minimum absolute atomic E-state index is 0.0582. The molecule has 1 aromatic heterocycles. The van der Waals surface area contributed by atoms with Crippen LogP contribution in [0, 0.1) is 0 Å². The minimum Gasteiger partial charge on any atom is -0.386 e. The van der Waals surface area contributed by atoms with E-state index in [1.807, 2.05) is 19.1 Å². The molecule has 0 unspecified atom stereocenters. The molecule has 2 rings (SSSR count).